The largest absolute Gasteiger partial charge is 0.447 e. The molecule has 0 N–H and O–H groups in total. The summed E-state index contributed by atoms with van der Waals surface area (Å²) in [4.78, 5) is 19.1. The van der Waals surface area contributed by atoms with Crippen molar-refractivity contribution in [3.63, 3.8) is 0 Å². The standard InChI is InChI=1S/C21H24N2O3/c1-15(2)20-19(22-14-26-20)21(24)23(11-12-25-3)13-17-9-6-8-16-7-4-5-10-18(16)17/h4-10,14-15H,11-13H2,1-3H3. The van der Waals surface area contributed by atoms with Crippen LogP contribution in [0, 0.1) is 0 Å². The Labute approximate surface area is 153 Å². The molecule has 3 rings (SSSR count). The van der Waals surface area contributed by atoms with Crippen LogP contribution in [0.3, 0.4) is 0 Å². The molecule has 5 nitrogen and oxygen atoms in total. The van der Waals surface area contributed by atoms with Gasteiger partial charge in [0, 0.05) is 26.1 Å². The smallest absolute Gasteiger partial charge is 0.276 e. The van der Waals surface area contributed by atoms with E-state index in [1.165, 1.54) is 6.39 Å². The molecule has 0 unspecified atom stereocenters. The molecule has 136 valence electrons. The van der Waals surface area contributed by atoms with E-state index >= 15 is 0 Å². The number of ether oxygens (including phenoxy) is 1. The van der Waals surface area contributed by atoms with Gasteiger partial charge in [0.25, 0.3) is 5.91 Å². The van der Waals surface area contributed by atoms with Crippen molar-refractivity contribution in [2.75, 3.05) is 20.3 Å². The van der Waals surface area contributed by atoms with E-state index in [0.717, 1.165) is 16.3 Å². The molecule has 0 saturated heterocycles. The van der Waals surface area contributed by atoms with Crippen LogP contribution in [0.5, 0.6) is 0 Å². The van der Waals surface area contributed by atoms with E-state index < -0.39 is 0 Å². The highest BCUT2D eigenvalue weighted by atomic mass is 16.5. The number of oxazole rings is 1. The van der Waals surface area contributed by atoms with Crippen molar-refractivity contribution in [1.29, 1.82) is 0 Å². The highest BCUT2D eigenvalue weighted by Crippen LogP contribution is 2.23. The molecule has 0 atom stereocenters. The second-order valence-electron chi connectivity index (χ2n) is 6.58. The van der Waals surface area contributed by atoms with E-state index in [1.54, 1.807) is 12.0 Å². The van der Waals surface area contributed by atoms with E-state index in [2.05, 4.69) is 29.2 Å². The van der Waals surface area contributed by atoms with Crippen LogP contribution < -0.4 is 0 Å². The lowest BCUT2D eigenvalue weighted by Crippen LogP contribution is -2.34. The summed E-state index contributed by atoms with van der Waals surface area (Å²) in [5.41, 5.74) is 1.48. The average molecular weight is 352 g/mol. The Hall–Kier alpha value is -2.66. The molecule has 0 saturated carbocycles. The zero-order valence-corrected chi connectivity index (χ0v) is 15.4. The summed E-state index contributed by atoms with van der Waals surface area (Å²) in [6.45, 7) is 5.42. The van der Waals surface area contributed by atoms with Crippen LogP contribution in [0.25, 0.3) is 10.8 Å². The van der Waals surface area contributed by atoms with Crippen molar-refractivity contribution in [1.82, 2.24) is 9.88 Å². The molecular weight excluding hydrogens is 328 g/mol. The first-order valence-electron chi connectivity index (χ1n) is 8.80. The molecule has 0 fully saturated rings. The first kappa shape index (κ1) is 18.1. The van der Waals surface area contributed by atoms with E-state index in [9.17, 15) is 4.79 Å². The topological polar surface area (TPSA) is 55.6 Å². The molecule has 0 spiro atoms. The molecule has 1 heterocycles. The normalized spacial score (nSPS) is 11.2. The average Bonchev–Trinajstić information content (AvgIpc) is 3.15. The fourth-order valence-corrected chi connectivity index (χ4v) is 3.07. The number of nitrogens with zero attached hydrogens (tertiary/aromatic N) is 2. The second-order valence-corrected chi connectivity index (χ2v) is 6.58. The predicted molar refractivity (Wildman–Crippen MR) is 101 cm³/mol. The number of hydrogen-bond acceptors (Lipinski definition) is 4. The fraction of sp³-hybridized carbons (Fsp3) is 0.333. The lowest BCUT2D eigenvalue weighted by molar-refractivity contribution is 0.0673. The van der Waals surface area contributed by atoms with Crippen molar-refractivity contribution >= 4 is 16.7 Å². The summed E-state index contributed by atoms with van der Waals surface area (Å²) in [6.07, 6.45) is 1.34. The van der Waals surface area contributed by atoms with E-state index in [-0.39, 0.29) is 11.8 Å². The Morgan fingerprint density at radius 3 is 2.73 bits per heavy atom. The maximum absolute atomic E-state index is 13.1. The van der Waals surface area contributed by atoms with Gasteiger partial charge in [-0.15, -0.1) is 0 Å². The van der Waals surface area contributed by atoms with Crippen molar-refractivity contribution < 1.29 is 13.9 Å². The third kappa shape index (κ3) is 3.78. The van der Waals surface area contributed by atoms with Crippen LogP contribution in [0.2, 0.25) is 0 Å². The highest BCUT2D eigenvalue weighted by molar-refractivity contribution is 5.94. The van der Waals surface area contributed by atoms with Crippen LogP contribution in [0.1, 0.15) is 41.6 Å². The van der Waals surface area contributed by atoms with E-state index in [0.29, 0.717) is 31.2 Å². The maximum atomic E-state index is 13.1. The Balaban J connectivity index is 1.93. The van der Waals surface area contributed by atoms with Gasteiger partial charge < -0.3 is 14.1 Å². The Bertz CT molecular complexity index is 880. The second kappa shape index (κ2) is 8.15. The zero-order chi connectivity index (χ0) is 18.5. The van der Waals surface area contributed by atoms with Gasteiger partial charge in [0.2, 0.25) is 0 Å². The van der Waals surface area contributed by atoms with Gasteiger partial charge in [-0.1, -0.05) is 56.3 Å². The predicted octanol–water partition coefficient (Wildman–Crippen LogP) is 4.24. The molecule has 0 aliphatic carbocycles. The van der Waals surface area contributed by atoms with Gasteiger partial charge in [0.15, 0.2) is 12.1 Å². The summed E-state index contributed by atoms with van der Waals surface area (Å²) in [5, 5.41) is 2.31. The number of aromatic nitrogens is 1. The van der Waals surface area contributed by atoms with Gasteiger partial charge >= 0.3 is 0 Å². The van der Waals surface area contributed by atoms with Gasteiger partial charge in [-0.25, -0.2) is 4.98 Å². The number of carbonyl (C=O) groups excluding carboxylic acids is 1. The zero-order valence-electron chi connectivity index (χ0n) is 15.4. The van der Waals surface area contributed by atoms with Crippen molar-refractivity contribution in [3.05, 3.63) is 65.9 Å². The molecule has 1 amide bonds. The number of amides is 1. The Kier molecular flexibility index (Phi) is 5.68. The third-order valence-corrected chi connectivity index (χ3v) is 4.42. The summed E-state index contributed by atoms with van der Waals surface area (Å²) < 4.78 is 10.6. The summed E-state index contributed by atoms with van der Waals surface area (Å²) in [5.74, 6) is 0.584. The maximum Gasteiger partial charge on any atom is 0.276 e. The number of carbonyl (C=O) groups is 1. The van der Waals surface area contributed by atoms with E-state index in [1.807, 2.05) is 32.0 Å². The molecule has 0 aliphatic heterocycles. The van der Waals surface area contributed by atoms with Crippen molar-refractivity contribution in [2.45, 2.75) is 26.3 Å². The molecule has 3 aromatic rings. The quantitative estimate of drug-likeness (QED) is 0.638. The highest BCUT2D eigenvalue weighted by Gasteiger charge is 2.24. The monoisotopic (exact) mass is 352 g/mol. The molecule has 0 bridgehead atoms. The van der Waals surface area contributed by atoms with Crippen LogP contribution in [-0.2, 0) is 11.3 Å². The lowest BCUT2D eigenvalue weighted by Gasteiger charge is -2.23. The minimum Gasteiger partial charge on any atom is -0.447 e. The van der Waals surface area contributed by atoms with Crippen LogP contribution >= 0.6 is 0 Å². The number of rotatable bonds is 7. The van der Waals surface area contributed by atoms with E-state index in [4.69, 9.17) is 9.15 Å². The van der Waals surface area contributed by atoms with Crippen LogP contribution in [-0.4, -0.2) is 36.1 Å². The molecule has 0 radical (unpaired) electrons. The molecular formula is C21H24N2O3. The van der Waals surface area contributed by atoms with Crippen molar-refractivity contribution in [2.24, 2.45) is 0 Å². The summed E-state index contributed by atoms with van der Waals surface area (Å²) >= 11 is 0. The molecule has 2 aromatic carbocycles. The number of methoxy groups -OCH3 is 1. The van der Waals surface area contributed by atoms with Gasteiger partial charge in [-0.3, -0.25) is 4.79 Å². The molecule has 5 heteroatoms. The van der Waals surface area contributed by atoms with Gasteiger partial charge in [0.05, 0.1) is 6.61 Å². The summed E-state index contributed by atoms with van der Waals surface area (Å²) in [6, 6.07) is 14.3. The SMILES string of the molecule is COCCN(Cc1cccc2ccccc12)C(=O)c1ncoc1C(C)C. The number of benzene rings is 2. The first-order chi connectivity index (χ1) is 12.6. The number of hydrogen-bond donors (Lipinski definition) is 0. The minimum absolute atomic E-state index is 0.0956. The Morgan fingerprint density at radius 2 is 1.96 bits per heavy atom. The number of fused-ring (bicyclic) bond motifs is 1. The first-order valence-corrected chi connectivity index (χ1v) is 8.80. The minimum atomic E-state index is -0.132. The van der Waals surface area contributed by atoms with Crippen LogP contribution in [0.15, 0.2) is 53.3 Å². The van der Waals surface area contributed by atoms with Gasteiger partial charge in [0.1, 0.15) is 5.76 Å². The van der Waals surface area contributed by atoms with Crippen molar-refractivity contribution in [3.8, 4) is 0 Å². The molecule has 0 aliphatic rings. The lowest BCUT2D eigenvalue weighted by atomic mass is 10.0. The fourth-order valence-electron chi connectivity index (χ4n) is 3.07. The molecule has 26 heavy (non-hydrogen) atoms. The Morgan fingerprint density at radius 1 is 1.19 bits per heavy atom. The van der Waals surface area contributed by atoms with Crippen LogP contribution in [0.4, 0.5) is 0 Å². The third-order valence-electron chi connectivity index (χ3n) is 4.42. The summed E-state index contributed by atoms with van der Waals surface area (Å²) in [7, 11) is 1.64. The van der Waals surface area contributed by atoms with Gasteiger partial charge in [-0.05, 0) is 16.3 Å². The molecule has 1 aromatic heterocycles. The van der Waals surface area contributed by atoms with Gasteiger partial charge in [-0.2, -0.15) is 0 Å².